The van der Waals surface area contributed by atoms with E-state index in [1.165, 1.54) is 44.9 Å². The summed E-state index contributed by atoms with van der Waals surface area (Å²) in [4.78, 5) is 0. The fourth-order valence-corrected chi connectivity index (χ4v) is 2.83. The van der Waals surface area contributed by atoms with Crippen molar-refractivity contribution in [1.29, 1.82) is 0 Å². The molecule has 0 bridgehead atoms. The van der Waals surface area contributed by atoms with Crippen molar-refractivity contribution >= 4 is 0 Å². The molecule has 0 aromatic carbocycles. The van der Waals surface area contributed by atoms with Gasteiger partial charge in [0.1, 0.15) is 0 Å². The zero-order valence-corrected chi connectivity index (χ0v) is 12.7. The van der Waals surface area contributed by atoms with Gasteiger partial charge >= 0.3 is 0 Å². The SMILES string of the molecule is CCCNC(CCOCCC(C)C)C1CCCC1. The van der Waals surface area contributed by atoms with Crippen LogP contribution in [-0.4, -0.2) is 25.8 Å². The van der Waals surface area contributed by atoms with Crippen LogP contribution in [0.2, 0.25) is 0 Å². The lowest BCUT2D eigenvalue weighted by molar-refractivity contribution is 0.108. The van der Waals surface area contributed by atoms with E-state index in [4.69, 9.17) is 4.74 Å². The lowest BCUT2D eigenvalue weighted by atomic mass is 9.95. The number of ether oxygens (including phenoxy) is 1. The van der Waals surface area contributed by atoms with E-state index in [9.17, 15) is 0 Å². The van der Waals surface area contributed by atoms with E-state index in [-0.39, 0.29) is 0 Å². The largest absolute Gasteiger partial charge is 0.381 e. The predicted molar refractivity (Wildman–Crippen MR) is 78.9 cm³/mol. The molecule has 0 saturated heterocycles. The zero-order valence-electron chi connectivity index (χ0n) is 12.7. The van der Waals surface area contributed by atoms with Crippen LogP contribution in [-0.2, 0) is 4.74 Å². The molecular formula is C16H33NO. The molecule has 1 fully saturated rings. The van der Waals surface area contributed by atoms with Crippen LogP contribution in [0, 0.1) is 11.8 Å². The molecule has 1 N–H and O–H groups in total. The summed E-state index contributed by atoms with van der Waals surface area (Å²) in [6.07, 6.45) is 9.34. The Bertz CT molecular complexity index is 188. The van der Waals surface area contributed by atoms with E-state index >= 15 is 0 Å². The van der Waals surface area contributed by atoms with Crippen molar-refractivity contribution in [3.05, 3.63) is 0 Å². The second-order valence-corrected chi connectivity index (χ2v) is 6.19. The summed E-state index contributed by atoms with van der Waals surface area (Å²) >= 11 is 0. The van der Waals surface area contributed by atoms with Gasteiger partial charge in [-0.1, -0.05) is 33.6 Å². The van der Waals surface area contributed by atoms with Crippen molar-refractivity contribution in [3.63, 3.8) is 0 Å². The van der Waals surface area contributed by atoms with Crippen LogP contribution in [0.5, 0.6) is 0 Å². The van der Waals surface area contributed by atoms with E-state index in [0.717, 1.165) is 31.6 Å². The fraction of sp³-hybridized carbons (Fsp3) is 1.00. The average molecular weight is 255 g/mol. The molecule has 0 amide bonds. The van der Waals surface area contributed by atoms with E-state index in [2.05, 4.69) is 26.1 Å². The van der Waals surface area contributed by atoms with Gasteiger partial charge in [0.2, 0.25) is 0 Å². The smallest absolute Gasteiger partial charge is 0.0480 e. The molecule has 0 aromatic rings. The van der Waals surface area contributed by atoms with Crippen LogP contribution < -0.4 is 5.32 Å². The molecule has 1 aliphatic rings. The highest BCUT2D eigenvalue weighted by molar-refractivity contribution is 4.80. The first kappa shape index (κ1) is 16.0. The van der Waals surface area contributed by atoms with Crippen LogP contribution in [0.3, 0.4) is 0 Å². The fourth-order valence-electron chi connectivity index (χ4n) is 2.83. The minimum Gasteiger partial charge on any atom is -0.381 e. The molecule has 18 heavy (non-hydrogen) atoms. The Morgan fingerprint density at radius 2 is 1.78 bits per heavy atom. The zero-order chi connectivity index (χ0) is 13.2. The minimum atomic E-state index is 0.700. The Hall–Kier alpha value is -0.0800. The first-order chi connectivity index (χ1) is 8.74. The van der Waals surface area contributed by atoms with Crippen LogP contribution in [0.25, 0.3) is 0 Å². The summed E-state index contributed by atoms with van der Waals surface area (Å²) in [5.41, 5.74) is 0. The summed E-state index contributed by atoms with van der Waals surface area (Å²) in [6.45, 7) is 9.79. The first-order valence-corrected chi connectivity index (χ1v) is 8.05. The van der Waals surface area contributed by atoms with E-state index < -0.39 is 0 Å². The van der Waals surface area contributed by atoms with Gasteiger partial charge in [0.15, 0.2) is 0 Å². The molecule has 0 radical (unpaired) electrons. The topological polar surface area (TPSA) is 21.3 Å². The third-order valence-electron chi connectivity index (χ3n) is 4.04. The van der Waals surface area contributed by atoms with Gasteiger partial charge in [0, 0.05) is 19.3 Å². The third kappa shape index (κ3) is 6.75. The Morgan fingerprint density at radius 1 is 1.11 bits per heavy atom. The first-order valence-electron chi connectivity index (χ1n) is 8.05. The van der Waals surface area contributed by atoms with E-state index in [1.54, 1.807) is 0 Å². The van der Waals surface area contributed by atoms with Crippen molar-refractivity contribution in [2.75, 3.05) is 19.8 Å². The Morgan fingerprint density at radius 3 is 2.39 bits per heavy atom. The molecule has 2 heteroatoms. The van der Waals surface area contributed by atoms with Gasteiger partial charge in [-0.05, 0) is 50.5 Å². The van der Waals surface area contributed by atoms with Gasteiger partial charge < -0.3 is 10.1 Å². The summed E-state index contributed by atoms with van der Waals surface area (Å²) in [5, 5.41) is 3.73. The maximum Gasteiger partial charge on any atom is 0.0480 e. The number of hydrogen-bond donors (Lipinski definition) is 1. The van der Waals surface area contributed by atoms with Gasteiger partial charge in [-0.2, -0.15) is 0 Å². The maximum atomic E-state index is 5.77. The normalized spacial score (nSPS) is 18.7. The van der Waals surface area contributed by atoms with Crippen molar-refractivity contribution in [2.45, 2.75) is 71.8 Å². The molecule has 108 valence electrons. The molecule has 0 aliphatic heterocycles. The molecule has 1 aliphatic carbocycles. The van der Waals surface area contributed by atoms with Crippen LogP contribution in [0.1, 0.15) is 65.7 Å². The standard InChI is InChI=1S/C16H33NO/c1-4-11-17-16(15-7-5-6-8-15)10-13-18-12-9-14(2)3/h14-17H,4-13H2,1-3H3. The molecule has 0 spiro atoms. The van der Waals surface area contributed by atoms with E-state index in [1.807, 2.05) is 0 Å². The number of nitrogens with one attached hydrogen (secondary N) is 1. The van der Waals surface area contributed by atoms with Crippen molar-refractivity contribution in [3.8, 4) is 0 Å². The molecule has 2 nitrogen and oxygen atoms in total. The Kier molecular flexibility index (Phi) is 8.70. The van der Waals surface area contributed by atoms with Crippen molar-refractivity contribution in [2.24, 2.45) is 11.8 Å². The summed E-state index contributed by atoms with van der Waals surface area (Å²) in [6, 6.07) is 0.700. The molecule has 0 aromatic heterocycles. The average Bonchev–Trinajstić information content (AvgIpc) is 2.86. The highest BCUT2D eigenvalue weighted by atomic mass is 16.5. The second kappa shape index (κ2) is 9.80. The maximum absolute atomic E-state index is 5.77. The quantitative estimate of drug-likeness (QED) is 0.596. The molecule has 0 heterocycles. The highest BCUT2D eigenvalue weighted by Gasteiger charge is 2.23. The van der Waals surface area contributed by atoms with E-state index in [0.29, 0.717) is 6.04 Å². The monoisotopic (exact) mass is 255 g/mol. The van der Waals surface area contributed by atoms with Gasteiger partial charge in [-0.3, -0.25) is 0 Å². The summed E-state index contributed by atoms with van der Waals surface area (Å²) in [7, 11) is 0. The van der Waals surface area contributed by atoms with Crippen LogP contribution in [0.4, 0.5) is 0 Å². The minimum absolute atomic E-state index is 0.700. The van der Waals surface area contributed by atoms with Crippen molar-refractivity contribution < 1.29 is 4.74 Å². The van der Waals surface area contributed by atoms with Crippen molar-refractivity contribution in [1.82, 2.24) is 5.32 Å². The Labute approximate surface area is 114 Å². The lowest BCUT2D eigenvalue weighted by Crippen LogP contribution is -2.36. The summed E-state index contributed by atoms with van der Waals surface area (Å²) < 4.78 is 5.77. The molecule has 1 unspecified atom stereocenters. The second-order valence-electron chi connectivity index (χ2n) is 6.19. The predicted octanol–water partition coefficient (Wildman–Crippen LogP) is 4.00. The Balaban J connectivity index is 2.14. The number of rotatable bonds is 10. The molecule has 1 saturated carbocycles. The van der Waals surface area contributed by atoms with Gasteiger partial charge in [0.05, 0.1) is 0 Å². The molecule has 1 atom stereocenters. The molecular weight excluding hydrogens is 222 g/mol. The summed E-state index contributed by atoms with van der Waals surface area (Å²) in [5.74, 6) is 1.67. The van der Waals surface area contributed by atoms with Gasteiger partial charge in [0.25, 0.3) is 0 Å². The number of hydrogen-bond acceptors (Lipinski definition) is 2. The lowest BCUT2D eigenvalue weighted by Gasteiger charge is -2.24. The van der Waals surface area contributed by atoms with Crippen LogP contribution >= 0.6 is 0 Å². The van der Waals surface area contributed by atoms with Crippen LogP contribution in [0.15, 0.2) is 0 Å². The van der Waals surface area contributed by atoms with Gasteiger partial charge in [-0.15, -0.1) is 0 Å². The molecule has 1 rings (SSSR count). The third-order valence-corrected chi connectivity index (χ3v) is 4.04. The highest BCUT2D eigenvalue weighted by Crippen LogP contribution is 2.29. The van der Waals surface area contributed by atoms with Gasteiger partial charge in [-0.25, -0.2) is 0 Å².